The predicted molar refractivity (Wildman–Crippen MR) is 131 cm³/mol. The summed E-state index contributed by atoms with van der Waals surface area (Å²) < 4.78 is 50.5. The number of likely N-dealkylation sites (tertiary alicyclic amines) is 1. The Bertz CT molecular complexity index is 719. The lowest BCUT2D eigenvalue weighted by Gasteiger charge is -2.34. The Balaban J connectivity index is 0.00000363. The molecule has 0 spiro atoms. The second-order valence-corrected chi connectivity index (χ2v) is 8.44. The van der Waals surface area contributed by atoms with Crippen LogP contribution >= 0.6 is 24.0 Å². The van der Waals surface area contributed by atoms with E-state index in [1.807, 2.05) is 6.92 Å². The van der Waals surface area contributed by atoms with Crippen LogP contribution in [0.15, 0.2) is 29.3 Å². The van der Waals surface area contributed by atoms with Crippen LogP contribution in [-0.2, 0) is 15.7 Å². The van der Waals surface area contributed by atoms with Gasteiger partial charge in [-0.3, -0.25) is 4.99 Å². The van der Waals surface area contributed by atoms with Crippen molar-refractivity contribution in [2.75, 3.05) is 39.9 Å². The number of hydrogen-bond acceptors (Lipinski definition) is 3. The number of benzene rings is 1. The van der Waals surface area contributed by atoms with Crippen molar-refractivity contribution < 1.29 is 22.6 Å². The second-order valence-electron chi connectivity index (χ2n) is 8.44. The number of piperidine rings is 1. The minimum atomic E-state index is -4.31. The topological polar surface area (TPSA) is 46.1 Å². The molecule has 9 heteroatoms. The van der Waals surface area contributed by atoms with E-state index in [1.165, 1.54) is 12.1 Å². The lowest BCUT2D eigenvalue weighted by Crippen LogP contribution is -2.47. The Morgan fingerprint density at radius 3 is 2.66 bits per heavy atom. The molecule has 1 aromatic rings. The van der Waals surface area contributed by atoms with Crippen LogP contribution in [0.4, 0.5) is 13.2 Å². The van der Waals surface area contributed by atoms with E-state index in [0.717, 1.165) is 63.8 Å². The highest BCUT2D eigenvalue weighted by atomic mass is 127. The van der Waals surface area contributed by atoms with Crippen molar-refractivity contribution in [2.45, 2.75) is 63.3 Å². The average Bonchev–Trinajstić information content (AvgIpc) is 3.29. The van der Waals surface area contributed by atoms with Crippen molar-refractivity contribution in [3.8, 4) is 0 Å². The zero-order chi connectivity index (χ0) is 22.3. The molecule has 0 aromatic heterocycles. The molecular weight excluding hydrogens is 534 g/mol. The summed E-state index contributed by atoms with van der Waals surface area (Å²) >= 11 is 0. The highest BCUT2D eigenvalue weighted by molar-refractivity contribution is 14.0. The lowest BCUT2D eigenvalue weighted by molar-refractivity contribution is -0.137. The van der Waals surface area contributed by atoms with Gasteiger partial charge in [0, 0.05) is 33.3 Å². The van der Waals surface area contributed by atoms with Gasteiger partial charge >= 0.3 is 6.18 Å². The minimum Gasteiger partial charge on any atom is -0.376 e. The molecule has 5 nitrogen and oxygen atoms in total. The van der Waals surface area contributed by atoms with Crippen LogP contribution in [0, 0.1) is 0 Å². The van der Waals surface area contributed by atoms with Gasteiger partial charge in [-0.15, -0.1) is 24.0 Å². The Morgan fingerprint density at radius 2 is 2.03 bits per heavy atom. The van der Waals surface area contributed by atoms with Crippen LogP contribution < -0.4 is 5.32 Å². The zero-order valence-electron chi connectivity index (χ0n) is 18.9. The number of guanidine groups is 1. The summed E-state index contributed by atoms with van der Waals surface area (Å²) in [4.78, 5) is 6.61. The maximum Gasteiger partial charge on any atom is 0.416 e. The third kappa shape index (κ3) is 8.06. The van der Waals surface area contributed by atoms with E-state index < -0.39 is 11.7 Å². The maximum atomic E-state index is 12.9. The molecule has 2 unspecified atom stereocenters. The van der Waals surface area contributed by atoms with Crippen LogP contribution in [0.2, 0.25) is 0 Å². The molecule has 1 aromatic carbocycles. The number of rotatable bonds is 7. The van der Waals surface area contributed by atoms with Gasteiger partial charge in [-0.2, -0.15) is 13.2 Å². The van der Waals surface area contributed by atoms with Crippen molar-refractivity contribution in [3.63, 3.8) is 0 Å². The molecule has 2 saturated heterocycles. The van der Waals surface area contributed by atoms with E-state index in [-0.39, 0.29) is 42.1 Å². The van der Waals surface area contributed by atoms with Crippen LogP contribution in [0.1, 0.15) is 56.1 Å². The van der Waals surface area contributed by atoms with Gasteiger partial charge in [0.1, 0.15) is 0 Å². The molecular formula is C23H35F3IN3O2. The number of nitrogens with one attached hydrogen (secondary N) is 1. The fraction of sp³-hybridized carbons (Fsp3) is 0.696. The van der Waals surface area contributed by atoms with E-state index >= 15 is 0 Å². The smallest absolute Gasteiger partial charge is 0.376 e. The van der Waals surface area contributed by atoms with Crippen molar-refractivity contribution in [1.29, 1.82) is 0 Å². The summed E-state index contributed by atoms with van der Waals surface area (Å²) in [6, 6.07) is 5.60. The first-order valence-electron chi connectivity index (χ1n) is 11.2. The zero-order valence-corrected chi connectivity index (χ0v) is 21.2. The molecule has 0 amide bonds. The van der Waals surface area contributed by atoms with E-state index in [4.69, 9.17) is 9.47 Å². The molecule has 1 N–H and O–H groups in total. The van der Waals surface area contributed by atoms with Gasteiger partial charge in [0.25, 0.3) is 0 Å². The predicted octanol–water partition coefficient (Wildman–Crippen LogP) is 5.05. The molecule has 2 fully saturated rings. The largest absolute Gasteiger partial charge is 0.416 e. The summed E-state index contributed by atoms with van der Waals surface area (Å²) in [6.07, 6.45) is 1.06. The fourth-order valence-corrected chi connectivity index (χ4v) is 4.17. The van der Waals surface area contributed by atoms with Crippen molar-refractivity contribution in [2.24, 2.45) is 4.99 Å². The normalized spacial score (nSPS) is 21.3. The maximum absolute atomic E-state index is 12.9. The number of nitrogens with zero attached hydrogens (tertiary/aromatic N) is 2. The van der Waals surface area contributed by atoms with E-state index in [2.05, 4.69) is 15.2 Å². The van der Waals surface area contributed by atoms with Crippen LogP contribution in [0.5, 0.6) is 0 Å². The molecule has 32 heavy (non-hydrogen) atoms. The summed E-state index contributed by atoms with van der Waals surface area (Å²) in [5.41, 5.74) is 0.112. The van der Waals surface area contributed by atoms with Gasteiger partial charge in [0.2, 0.25) is 0 Å². The molecule has 0 radical (unpaired) electrons. The van der Waals surface area contributed by atoms with E-state index in [0.29, 0.717) is 18.7 Å². The second kappa shape index (κ2) is 13.0. The van der Waals surface area contributed by atoms with E-state index in [9.17, 15) is 13.2 Å². The average molecular weight is 569 g/mol. The number of hydrogen-bond donors (Lipinski definition) is 1. The monoisotopic (exact) mass is 569 g/mol. The van der Waals surface area contributed by atoms with E-state index in [1.54, 1.807) is 13.1 Å². The van der Waals surface area contributed by atoms with Crippen molar-refractivity contribution >= 4 is 29.9 Å². The summed E-state index contributed by atoms with van der Waals surface area (Å²) in [6.45, 7) is 5.89. The highest BCUT2D eigenvalue weighted by Crippen LogP contribution is 2.31. The van der Waals surface area contributed by atoms with Gasteiger partial charge in [0.05, 0.1) is 24.4 Å². The van der Waals surface area contributed by atoms with Crippen LogP contribution in [0.25, 0.3) is 0 Å². The Labute approximate surface area is 206 Å². The molecule has 2 aliphatic rings. The quantitative estimate of drug-likeness (QED) is 0.284. The number of ether oxygens (including phenoxy) is 2. The van der Waals surface area contributed by atoms with Gasteiger partial charge in [-0.05, 0) is 49.7 Å². The number of aliphatic imine (C=N–C) groups is 1. The first-order valence-corrected chi connectivity index (χ1v) is 11.2. The van der Waals surface area contributed by atoms with Crippen LogP contribution in [-0.4, -0.2) is 63.0 Å². The van der Waals surface area contributed by atoms with Gasteiger partial charge in [-0.1, -0.05) is 25.1 Å². The Kier molecular flexibility index (Phi) is 11.0. The molecule has 2 aliphatic heterocycles. The highest BCUT2D eigenvalue weighted by Gasteiger charge is 2.30. The number of alkyl halides is 3. The first-order chi connectivity index (χ1) is 14.9. The minimum absolute atomic E-state index is 0. The SMILES string of the molecule is CN=C(NCCC(C)c1cccc(C(F)(F)F)c1)N1CCC(OCC2CCCO2)CC1.I. The third-order valence-corrected chi connectivity index (χ3v) is 6.14. The lowest BCUT2D eigenvalue weighted by atomic mass is 9.96. The first kappa shape index (κ1) is 27.2. The summed E-state index contributed by atoms with van der Waals surface area (Å²) in [5.74, 6) is 0.860. The Hall–Kier alpha value is -1.07. The molecule has 0 bridgehead atoms. The summed E-state index contributed by atoms with van der Waals surface area (Å²) in [5, 5.41) is 3.37. The van der Waals surface area contributed by atoms with Crippen molar-refractivity contribution in [3.05, 3.63) is 35.4 Å². The van der Waals surface area contributed by atoms with Crippen molar-refractivity contribution in [1.82, 2.24) is 10.2 Å². The molecule has 182 valence electrons. The molecule has 2 heterocycles. The molecule has 2 atom stereocenters. The standard InChI is InChI=1S/C23H34F3N3O2.HI/c1-17(18-5-3-6-19(15-18)23(24,25)26)8-11-28-22(27-2)29-12-9-20(10-13-29)31-16-21-7-4-14-30-21;/h3,5-6,15,17,20-21H,4,7-14,16H2,1-2H3,(H,27,28);1H. The van der Waals surface area contributed by atoms with Gasteiger partial charge in [0.15, 0.2) is 5.96 Å². The third-order valence-electron chi connectivity index (χ3n) is 6.14. The molecule has 0 aliphatic carbocycles. The summed E-state index contributed by atoms with van der Waals surface area (Å²) in [7, 11) is 1.76. The van der Waals surface area contributed by atoms with Crippen LogP contribution in [0.3, 0.4) is 0 Å². The molecule has 0 saturated carbocycles. The van der Waals surface area contributed by atoms with Gasteiger partial charge in [-0.25, -0.2) is 0 Å². The number of halogens is 4. The van der Waals surface area contributed by atoms with Gasteiger partial charge < -0.3 is 19.7 Å². The fourth-order valence-electron chi connectivity index (χ4n) is 4.17. The Morgan fingerprint density at radius 1 is 1.28 bits per heavy atom. The molecule has 3 rings (SSSR count).